The van der Waals surface area contributed by atoms with Gasteiger partial charge >= 0.3 is 5.69 Å². The van der Waals surface area contributed by atoms with Crippen molar-refractivity contribution in [1.82, 2.24) is 14.3 Å². The normalized spacial score (nSPS) is 10.7. The SMILES string of the molecule is CN(Cc1cccc(CN)c1)c1nn(C)c(=O)n(C)c1=O. The quantitative estimate of drug-likeness (QED) is 0.825. The van der Waals surface area contributed by atoms with Gasteiger partial charge in [-0.05, 0) is 11.1 Å². The molecule has 0 bridgehead atoms. The molecule has 0 aliphatic carbocycles. The molecule has 21 heavy (non-hydrogen) atoms. The Balaban J connectivity index is 2.34. The molecule has 0 radical (unpaired) electrons. The van der Waals surface area contributed by atoms with Gasteiger partial charge < -0.3 is 10.6 Å². The van der Waals surface area contributed by atoms with Crippen LogP contribution in [-0.4, -0.2) is 21.4 Å². The molecule has 0 amide bonds. The predicted octanol–water partition coefficient (Wildman–Crippen LogP) is -0.426. The summed E-state index contributed by atoms with van der Waals surface area (Å²) in [4.78, 5) is 25.5. The van der Waals surface area contributed by atoms with Gasteiger partial charge in [-0.25, -0.2) is 9.48 Å². The van der Waals surface area contributed by atoms with Crippen molar-refractivity contribution in [2.24, 2.45) is 19.8 Å². The molecule has 1 aromatic heterocycles. The van der Waals surface area contributed by atoms with Crippen molar-refractivity contribution in [1.29, 1.82) is 0 Å². The predicted molar refractivity (Wildman–Crippen MR) is 81.2 cm³/mol. The number of hydrogen-bond donors (Lipinski definition) is 1. The number of anilines is 1. The summed E-state index contributed by atoms with van der Waals surface area (Å²) in [5, 5.41) is 4.04. The maximum absolute atomic E-state index is 12.1. The molecular weight excluding hydrogens is 270 g/mol. The topological polar surface area (TPSA) is 86.2 Å². The molecule has 0 saturated carbocycles. The Morgan fingerprint density at radius 3 is 2.57 bits per heavy atom. The molecule has 112 valence electrons. The van der Waals surface area contributed by atoms with Crippen LogP contribution in [0.4, 0.5) is 5.82 Å². The Labute approximate surface area is 122 Å². The molecule has 0 aliphatic rings. The molecule has 0 spiro atoms. The maximum atomic E-state index is 12.1. The van der Waals surface area contributed by atoms with E-state index < -0.39 is 11.2 Å². The third kappa shape index (κ3) is 3.03. The molecule has 0 aliphatic heterocycles. The molecule has 0 fully saturated rings. The Hall–Kier alpha value is -2.41. The second kappa shape index (κ2) is 5.92. The fraction of sp³-hybridized carbons (Fsp3) is 0.357. The van der Waals surface area contributed by atoms with E-state index in [0.29, 0.717) is 13.1 Å². The monoisotopic (exact) mass is 289 g/mol. The first-order chi connectivity index (χ1) is 9.93. The first kappa shape index (κ1) is 15.0. The number of aromatic nitrogens is 3. The Morgan fingerprint density at radius 1 is 1.24 bits per heavy atom. The van der Waals surface area contributed by atoms with E-state index in [1.54, 1.807) is 11.9 Å². The molecule has 7 nitrogen and oxygen atoms in total. The van der Waals surface area contributed by atoms with Crippen molar-refractivity contribution < 1.29 is 0 Å². The number of nitrogens with zero attached hydrogens (tertiary/aromatic N) is 4. The van der Waals surface area contributed by atoms with Crippen LogP contribution in [-0.2, 0) is 27.2 Å². The smallest absolute Gasteiger partial charge is 0.346 e. The Bertz CT molecular complexity index is 763. The van der Waals surface area contributed by atoms with Gasteiger partial charge in [0.05, 0.1) is 0 Å². The maximum Gasteiger partial charge on any atom is 0.346 e. The largest absolute Gasteiger partial charge is 0.349 e. The third-order valence-electron chi connectivity index (χ3n) is 3.31. The van der Waals surface area contributed by atoms with Gasteiger partial charge in [0.25, 0.3) is 5.56 Å². The molecule has 2 rings (SSSR count). The van der Waals surface area contributed by atoms with Crippen LogP contribution >= 0.6 is 0 Å². The fourth-order valence-electron chi connectivity index (χ4n) is 2.12. The van der Waals surface area contributed by atoms with Gasteiger partial charge in [0.15, 0.2) is 0 Å². The number of nitrogens with two attached hydrogens (primary N) is 1. The molecule has 1 aromatic carbocycles. The van der Waals surface area contributed by atoms with Crippen LogP contribution in [0.3, 0.4) is 0 Å². The lowest BCUT2D eigenvalue weighted by Crippen LogP contribution is -2.42. The zero-order chi connectivity index (χ0) is 15.6. The van der Waals surface area contributed by atoms with E-state index in [1.807, 2.05) is 24.3 Å². The lowest BCUT2D eigenvalue weighted by Gasteiger charge is -2.18. The first-order valence-electron chi connectivity index (χ1n) is 6.57. The average Bonchev–Trinajstić information content (AvgIpc) is 2.48. The number of hydrogen-bond acceptors (Lipinski definition) is 5. The summed E-state index contributed by atoms with van der Waals surface area (Å²) < 4.78 is 2.21. The van der Waals surface area contributed by atoms with Gasteiger partial charge in [-0.15, -0.1) is 5.10 Å². The van der Waals surface area contributed by atoms with Gasteiger partial charge in [0.2, 0.25) is 5.82 Å². The third-order valence-corrected chi connectivity index (χ3v) is 3.31. The van der Waals surface area contributed by atoms with E-state index in [9.17, 15) is 9.59 Å². The second-order valence-corrected chi connectivity index (χ2v) is 4.97. The van der Waals surface area contributed by atoms with Crippen LogP contribution in [0.5, 0.6) is 0 Å². The van der Waals surface area contributed by atoms with Crippen molar-refractivity contribution in [3.8, 4) is 0 Å². The summed E-state index contributed by atoms with van der Waals surface area (Å²) in [6.07, 6.45) is 0. The van der Waals surface area contributed by atoms with Crippen LogP contribution in [0.15, 0.2) is 33.9 Å². The number of aryl methyl sites for hydroxylation is 1. The average molecular weight is 289 g/mol. The first-order valence-corrected chi connectivity index (χ1v) is 6.57. The number of rotatable bonds is 4. The van der Waals surface area contributed by atoms with Crippen LogP contribution in [0.25, 0.3) is 0 Å². The van der Waals surface area contributed by atoms with Crippen LogP contribution in [0, 0.1) is 0 Å². The van der Waals surface area contributed by atoms with Crippen LogP contribution in [0.2, 0.25) is 0 Å². The summed E-state index contributed by atoms with van der Waals surface area (Å²) in [5.41, 5.74) is 6.83. The van der Waals surface area contributed by atoms with Gasteiger partial charge in [0.1, 0.15) is 0 Å². The van der Waals surface area contributed by atoms with E-state index in [0.717, 1.165) is 20.4 Å². The van der Waals surface area contributed by atoms with Gasteiger partial charge in [0, 0.05) is 34.2 Å². The molecule has 1 heterocycles. The van der Waals surface area contributed by atoms with E-state index in [4.69, 9.17) is 5.73 Å². The van der Waals surface area contributed by atoms with Gasteiger partial charge in [-0.3, -0.25) is 9.36 Å². The highest BCUT2D eigenvalue weighted by Crippen LogP contribution is 2.09. The van der Waals surface area contributed by atoms with Crippen LogP contribution < -0.4 is 21.9 Å². The van der Waals surface area contributed by atoms with Crippen molar-refractivity contribution >= 4 is 5.82 Å². The number of benzene rings is 1. The zero-order valence-electron chi connectivity index (χ0n) is 12.4. The Kier molecular flexibility index (Phi) is 4.23. The molecular formula is C14H19N5O2. The molecule has 0 atom stereocenters. The van der Waals surface area contributed by atoms with Crippen molar-refractivity contribution in [3.63, 3.8) is 0 Å². The van der Waals surface area contributed by atoms with E-state index in [-0.39, 0.29) is 5.82 Å². The van der Waals surface area contributed by atoms with Crippen LogP contribution in [0.1, 0.15) is 11.1 Å². The molecule has 0 unspecified atom stereocenters. The van der Waals surface area contributed by atoms with Crippen molar-refractivity contribution in [3.05, 3.63) is 56.2 Å². The Morgan fingerprint density at radius 2 is 1.90 bits per heavy atom. The lowest BCUT2D eigenvalue weighted by atomic mass is 10.1. The van der Waals surface area contributed by atoms with E-state index >= 15 is 0 Å². The fourth-order valence-corrected chi connectivity index (χ4v) is 2.12. The van der Waals surface area contributed by atoms with E-state index in [2.05, 4.69) is 5.10 Å². The standard InChI is InChI=1S/C14H19N5O2/c1-17(9-11-6-4-5-10(7-11)8-15)12-13(20)18(2)14(21)19(3)16-12/h4-7H,8-9,15H2,1-3H3. The van der Waals surface area contributed by atoms with Gasteiger partial charge in [-0.2, -0.15) is 0 Å². The highest BCUT2D eigenvalue weighted by molar-refractivity contribution is 5.36. The highest BCUT2D eigenvalue weighted by Gasteiger charge is 2.13. The summed E-state index contributed by atoms with van der Waals surface area (Å²) >= 11 is 0. The van der Waals surface area contributed by atoms with Crippen molar-refractivity contribution in [2.75, 3.05) is 11.9 Å². The highest BCUT2D eigenvalue weighted by atomic mass is 16.2. The van der Waals surface area contributed by atoms with Gasteiger partial charge in [-0.1, -0.05) is 24.3 Å². The molecule has 2 aromatic rings. The molecule has 2 N–H and O–H groups in total. The minimum atomic E-state index is -0.442. The van der Waals surface area contributed by atoms with Crippen molar-refractivity contribution in [2.45, 2.75) is 13.1 Å². The zero-order valence-corrected chi connectivity index (χ0v) is 12.4. The van der Waals surface area contributed by atoms with E-state index in [1.165, 1.54) is 14.1 Å². The molecule has 7 heteroatoms. The minimum Gasteiger partial charge on any atom is -0.349 e. The summed E-state index contributed by atoms with van der Waals surface area (Å²) in [7, 11) is 4.73. The lowest BCUT2D eigenvalue weighted by molar-refractivity contribution is 0.593. The second-order valence-electron chi connectivity index (χ2n) is 4.97. The molecule has 0 saturated heterocycles. The summed E-state index contributed by atoms with van der Waals surface area (Å²) in [5.74, 6) is 0.234. The minimum absolute atomic E-state index is 0.234. The summed E-state index contributed by atoms with van der Waals surface area (Å²) in [6, 6.07) is 7.83. The summed E-state index contributed by atoms with van der Waals surface area (Å²) in [6.45, 7) is 0.978.